The van der Waals surface area contributed by atoms with E-state index in [1.807, 2.05) is 0 Å². The molecule has 2 fully saturated rings. The van der Waals surface area contributed by atoms with Crippen LogP contribution in [0.1, 0.15) is 42.5 Å². The van der Waals surface area contributed by atoms with Crippen LogP contribution in [-0.2, 0) is 0 Å². The second kappa shape index (κ2) is 7.34. The summed E-state index contributed by atoms with van der Waals surface area (Å²) in [5, 5.41) is 3.41. The van der Waals surface area contributed by atoms with E-state index in [9.17, 15) is 9.18 Å². The number of hydrogen-bond donors (Lipinski definition) is 1. The van der Waals surface area contributed by atoms with Gasteiger partial charge in [0.1, 0.15) is 5.82 Å². The van der Waals surface area contributed by atoms with E-state index in [1.165, 1.54) is 31.4 Å². The number of likely N-dealkylation sites (tertiary alicyclic amines) is 1. The van der Waals surface area contributed by atoms with Gasteiger partial charge in [-0.05, 0) is 75.5 Å². The highest BCUT2D eigenvalue weighted by Gasteiger charge is 2.29. The molecular formula is C18H25FN2O. The van der Waals surface area contributed by atoms with Gasteiger partial charge in [0.2, 0.25) is 0 Å². The van der Waals surface area contributed by atoms with Crippen molar-refractivity contribution in [1.82, 2.24) is 10.2 Å². The zero-order chi connectivity index (χ0) is 15.4. The summed E-state index contributed by atoms with van der Waals surface area (Å²) < 4.78 is 13.0. The molecule has 0 bridgehead atoms. The molecule has 3 nitrogen and oxygen atoms in total. The molecule has 2 aliphatic rings. The second-order valence-electron chi connectivity index (χ2n) is 6.62. The number of nitrogens with one attached hydrogen (secondary N) is 1. The van der Waals surface area contributed by atoms with Crippen molar-refractivity contribution in [1.29, 1.82) is 0 Å². The fraction of sp³-hybridized carbons (Fsp3) is 0.611. The lowest BCUT2D eigenvalue weighted by Crippen LogP contribution is -2.39. The lowest BCUT2D eigenvalue weighted by molar-refractivity contribution is 0.0929. The molecule has 0 amide bonds. The van der Waals surface area contributed by atoms with Crippen molar-refractivity contribution in [3.05, 3.63) is 35.6 Å². The Labute approximate surface area is 131 Å². The molecule has 0 radical (unpaired) electrons. The van der Waals surface area contributed by atoms with Crippen LogP contribution in [0.25, 0.3) is 0 Å². The molecule has 1 N–H and O–H groups in total. The smallest absolute Gasteiger partial charge is 0.164 e. The number of nitrogens with zero attached hydrogens (tertiary/aromatic N) is 1. The van der Waals surface area contributed by atoms with Crippen molar-refractivity contribution in [2.75, 3.05) is 26.2 Å². The van der Waals surface area contributed by atoms with Crippen LogP contribution in [0.2, 0.25) is 0 Å². The molecule has 0 aromatic heterocycles. The van der Waals surface area contributed by atoms with Crippen LogP contribution in [0.15, 0.2) is 24.3 Å². The molecule has 0 saturated carbocycles. The van der Waals surface area contributed by atoms with Crippen molar-refractivity contribution >= 4 is 5.78 Å². The first-order chi connectivity index (χ1) is 10.7. The van der Waals surface area contributed by atoms with Crippen LogP contribution in [-0.4, -0.2) is 42.9 Å². The predicted molar refractivity (Wildman–Crippen MR) is 85.5 cm³/mol. The second-order valence-corrected chi connectivity index (χ2v) is 6.62. The van der Waals surface area contributed by atoms with Gasteiger partial charge in [0.15, 0.2) is 5.78 Å². The fourth-order valence-corrected chi connectivity index (χ4v) is 3.73. The van der Waals surface area contributed by atoms with E-state index in [0.717, 1.165) is 38.5 Å². The van der Waals surface area contributed by atoms with Gasteiger partial charge in [-0.1, -0.05) is 0 Å². The highest BCUT2D eigenvalue weighted by Crippen LogP contribution is 2.25. The van der Waals surface area contributed by atoms with Gasteiger partial charge in [-0.2, -0.15) is 0 Å². The maximum atomic E-state index is 13.0. The maximum Gasteiger partial charge on any atom is 0.164 e. The predicted octanol–water partition coefficient (Wildman–Crippen LogP) is 2.86. The maximum absolute atomic E-state index is 13.0. The van der Waals surface area contributed by atoms with E-state index in [-0.39, 0.29) is 11.6 Å². The number of benzene rings is 1. The van der Waals surface area contributed by atoms with Gasteiger partial charge in [-0.25, -0.2) is 4.39 Å². The number of piperidine rings is 1. The lowest BCUT2D eigenvalue weighted by atomic mass is 9.96. The Morgan fingerprint density at radius 2 is 1.91 bits per heavy atom. The molecule has 0 aliphatic carbocycles. The standard InChI is InChI=1S/C18H25FN2O/c19-16-5-3-15(4-6-16)18(22)12-17-2-1-11-21(17)13-14-7-9-20-10-8-14/h3-6,14,17,20H,1-2,7-13H2. The van der Waals surface area contributed by atoms with Crippen molar-refractivity contribution in [3.63, 3.8) is 0 Å². The monoisotopic (exact) mass is 304 g/mol. The topological polar surface area (TPSA) is 32.3 Å². The Hall–Kier alpha value is -1.26. The number of ketones is 1. The Bertz CT molecular complexity index is 496. The highest BCUT2D eigenvalue weighted by molar-refractivity contribution is 5.96. The molecule has 22 heavy (non-hydrogen) atoms. The van der Waals surface area contributed by atoms with Crippen LogP contribution >= 0.6 is 0 Å². The molecule has 3 rings (SSSR count). The Morgan fingerprint density at radius 3 is 2.64 bits per heavy atom. The Kier molecular flexibility index (Phi) is 5.21. The molecule has 0 spiro atoms. The molecule has 2 saturated heterocycles. The number of Topliss-reactive ketones (excluding diaryl/α,β-unsaturated/α-hetero) is 1. The van der Waals surface area contributed by atoms with Crippen LogP contribution in [0.5, 0.6) is 0 Å². The normalized spacial score (nSPS) is 23.8. The summed E-state index contributed by atoms with van der Waals surface area (Å²) >= 11 is 0. The van der Waals surface area contributed by atoms with Crippen molar-refractivity contribution in [2.45, 2.75) is 38.1 Å². The minimum absolute atomic E-state index is 0.141. The third-order valence-corrected chi connectivity index (χ3v) is 5.04. The largest absolute Gasteiger partial charge is 0.317 e. The van der Waals surface area contributed by atoms with E-state index >= 15 is 0 Å². The summed E-state index contributed by atoms with van der Waals surface area (Å²) in [5.74, 6) is 0.620. The van der Waals surface area contributed by atoms with Crippen LogP contribution < -0.4 is 5.32 Å². The molecule has 120 valence electrons. The Morgan fingerprint density at radius 1 is 1.18 bits per heavy atom. The van der Waals surface area contributed by atoms with E-state index in [1.54, 1.807) is 12.1 Å². The van der Waals surface area contributed by atoms with E-state index in [4.69, 9.17) is 0 Å². The summed E-state index contributed by atoms with van der Waals surface area (Å²) in [6.07, 6.45) is 5.35. The minimum atomic E-state index is -0.287. The molecule has 4 heteroatoms. The SMILES string of the molecule is O=C(CC1CCCN1CC1CCNCC1)c1ccc(F)cc1. The molecule has 1 aromatic rings. The van der Waals surface area contributed by atoms with Crippen LogP contribution in [0.3, 0.4) is 0 Å². The third-order valence-electron chi connectivity index (χ3n) is 5.04. The molecule has 2 heterocycles. The zero-order valence-electron chi connectivity index (χ0n) is 13.1. The number of halogens is 1. The average molecular weight is 304 g/mol. The van der Waals surface area contributed by atoms with Gasteiger partial charge in [-0.3, -0.25) is 9.69 Å². The average Bonchev–Trinajstić information content (AvgIpc) is 2.96. The summed E-state index contributed by atoms with van der Waals surface area (Å²) in [7, 11) is 0. The lowest BCUT2D eigenvalue weighted by Gasteiger charge is -2.31. The highest BCUT2D eigenvalue weighted by atomic mass is 19.1. The summed E-state index contributed by atoms with van der Waals surface area (Å²) in [6.45, 7) is 4.49. The van der Waals surface area contributed by atoms with Crippen molar-refractivity contribution in [2.24, 2.45) is 5.92 Å². The van der Waals surface area contributed by atoms with Gasteiger partial charge >= 0.3 is 0 Å². The van der Waals surface area contributed by atoms with Crippen LogP contribution in [0.4, 0.5) is 4.39 Å². The van der Waals surface area contributed by atoms with E-state index < -0.39 is 0 Å². The van der Waals surface area contributed by atoms with E-state index in [2.05, 4.69) is 10.2 Å². The number of hydrogen-bond acceptors (Lipinski definition) is 3. The molecule has 1 atom stereocenters. The number of carbonyl (C=O) groups excluding carboxylic acids is 1. The number of rotatable bonds is 5. The van der Waals surface area contributed by atoms with Crippen molar-refractivity contribution in [3.8, 4) is 0 Å². The van der Waals surface area contributed by atoms with Gasteiger partial charge in [0, 0.05) is 24.6 Å². The molecular weight excluding hydrogens is 279 g/mol. The summed E-state index contributed by atoms with van der Waals surface area (Å²) in [4.78, 5) is 14.9. The zero-order valence-corrected chi connectivity index (χ0v) is 13.1. The molecule has 2 aliphatic heterocycles. The summed E-state index contributed by atoms with van der Waals surface area (Å²) in [6, 6.07) is 6.31. The molecule has 1 aromatic carbocycles. The van der Waals surface area contributed by atoms with Gasteiger partial charge in [0.25, 0.3) is 0 Å². The minimum Gasteiger partial charge on any atom is -0.317 e. The first-order valence-corrected chi connectivity index (χ1v) is 8.46. The van der Waals surface area contributed by atoms with Crippen molar-refractivity contribution < 1.29 is 9.18 Å². The van der Waals surface area contributed by atoms with E-state index in [0.29, 0.717) is 18.0 Å². The van der Waals surface area contributed by atoms with Crippen LogP contribution in [0, 0.1) is 11.7 Å². The van der Waals surface area contributed by atoms with Gasteiger partial charge in [0.05, 0.1) is 0 Å². The quantitative estimate of drug-likeness (QED) is 0.849. The van der Waals surface area contributed by atoms with Gasteiger partial charge < -0.3 is 5.32 Å². The fourth-order valence-electron chi connectivity index (χ4n) is 3.73. The number of carbonyl (C=O) groups is 1. The molecule has 1 unspecified atom stereocenters. The Balaban J connectivity index is 1.56. The first-order valence-electron chi connectivity index (χ1n) is 8.46. The first kappa shape index (κ1) is 15.6. The third kappa shape index (κ3) is 3.93. The van der Waals surface area contributed by atoms with Gasteiger partial charge in [-0.15, -0.1) is 0 Å². The summed E-state index contributed by atoms with van der Waals surface area (Å²) in [5.41, 5.74) is 0.634.